The number of ether oxygens (including phenoxy) is 1. The minimum Gasteiger partial charge on any atom is -0.496 e. The molecule has 1 aliphatic heterocycles. The van der Waals surface area contributed by atoms with Crippen molar-refractivity contribution in [1.29, 1.82) is 0 Å². The lowest BCUT2D eigenvalue weighted by Gasteiger charge is -2.47. The fourth-order valence-corrected chi connectivity index (χ4v) is 3.93. The number of carbonyl (C=O) groups is 1. The van der Waals surface area contributed by atoms with E-state index in [0.29, 0.717) is 12.1 Å². The van der Waals surface area contributed by atoms with Crippen molar-refractivity contribution >= 4 is 11.6 Å². The Morgan fingerprint density at radius 2 is 1.61 bits per heavy atom. The average molecular weight is 372 g/mol. The summed E-state index contributed by atoms with van der Waals surface area (Å²) in [5.74, 6) is 0.785. The molecule has 1 atom stereocenters. The van der Waals surface area contributed by atoms with Gasteiger partial charge < -0.3 is 15.0 Å². The zero-order chi connectivity index (χ0) is 19.6. The number of amides is 1. The van der Waals surface area contributed by atoms with Gasteiger partial charge in [-0.3, -0.25) is 4.79 Å². The van der Waals surface area contributed by atoms with Crippen molar-refractivity contribution in [2.75, 3.05) is 19.0 Å². The molecular weight excluding hydrogens is 348 g/mol. The molecule has 4 heteroatoms. The second-order valence-electron chi connectivity index (χ2n) is 7.14. The van der Waals surface area contributed by atoms with Crippen LogP contribution in [-0.2, 0) is 12.1 Å². The number of rotatable bonds is 5. The van der Waals surface area contributed by atoms with Crippen LogP contribution in [0.5, 0.6) is 5.75 Å². The Labute approximate surface area is 165 Å². The van der Waals surface area contributed by atoms with Crippen LogP contribution in [0.2, 0.25) is 0 Å². The normalized spacial score (nSPS) is 18.4. The van der Waals surface area contributed by atoms with E-state index in [9.17, 15) is 4.79 Å². The topological polar surface area (TPSA) is 41.6 Å². The molecule has 3 aromatic rings. The SMILES string of the molecule is COc1ccccc1C1(C)Nc2ccccc2C(=O)N1CCc1ccccc1. The number of hydrogen-bond donors (Lipinski definition) is 1. The molecule has 28 heavy (non-hydrogen) atoms. The van der Waals surface area contributed by atoms with Gasteiger partial charge in [0.05, 0.1) is 12.7 Å². The molecule has 142 valence electrons. The van der Waals surface area contributed by atoms with Gasteiger partial charge in [-0.15, -0.1) is 0 Å². The van der Waals surface area contributed by atoms with Gasteiger partial charge in [0, 0.05) is 17.8 Å². The van der Waals surface area contributed by atoms with Gasteiger partial charge in [0.25, 0.3) is 5.91 Å². The van der Waals surface area contributed by atoms with E-state index in [1.165, 1.54) is 5.56 Å². The van der Waals surface area contributed by atoms with E-state index in [1.54, 1.807) is 7.11 Å². The fourth-order valence-electron chi connectivity index (χ4n) is 3.93. The van der Waals surface area contributed by atoms with Crippen LogP contribution < -0.4 is 10.1 Å². The summed E-state index contributed by atoms with van der Waals surface area (Å²) in [4.78, 5) is 15.4. The predicted molar refractivity (Wildman–Crippen MR) is 112 cm³/mol. The minimum absolute atomic E-state index is 0.0266. The molecule has 1 unspecified atom stereocenters. The fraction of sp³-hybridized carbons (Fsp3) is 0.208. The molecule has 1 N–H and O–H groups in total. The number of para-hydroxylation sites is 2. The summed E-state index contributed by atoms with van der Waals surface area (Å²) in [6, 6.07) is 25.8. The smallest absolute Gasteiger partial charge is 0.258 e. The predicted octanol–water partition coefficient (Wildman–Crippen LogP) is 4.68. The highest BCUT2D eigenvalue weighted by molar-refractivity contribution is 6.02. The molecule has 1 aliphatic rings. The van der Waals surface area contributed by atoms with E-state index >= 15 is 0 Å². The van der Waals surface area contributed by atoms with Crippen molar-refractivity contribution < 1.29 is 9.53 Å². The number of carbonyl (C=O) groups excluding carboxylic acids is 1. The summed E-state index contributed by atoms with van der Waals surface area (Å²) in [6.07, 6.45) is 0.779. The average Bonchev–Trinajstić information content (AvgIpc) is 2.74. The highest BCUT2D eigenvalue weighted by Crippen LogP contribution is 2.41. The van der Waals surface area contributed by atoms with Crippen molar-refractivity contribution in [3.8, 4) is 5.75 Å². The molecule has 1 heterocycles. The first kappa shape index (κ1) is 18.1. The first-order valence-electron chi connectivity index (χ1n) is 9.50. The monoisotopic (exact) mass is 372 g/mol. The van der Waals surface area contributed by atoms with Crippen molar-refractivity contribution in [3.05, 3.63) is 95.6 Å². The van der Waals surface area contributed by atoms with Gasteiger partial charge in [-0.05, 0) is 37.1 Å². The zero-order valence-electron chi connectivity index (χ0n) is 16.2. The Kier molecular flexibility index (Phi) is 4.78. The van der Waals surface area contributed by atoms with E-state index in [2.05, 4.69) is 17.4 Å². The number of nitrogens with zero attached hydrogens (tertiary/aromatic N) is 1. The quantitative estimate of drug-likeness (QED) is 0.707. The summed E-state index contributed by atoms with van der Waals surface area (Å²) < 4.78 is 5.62. The van der Waals surface area contributed by atoms with Crippen molar-refractivity contribution in [2.45, 2.75) is 19.0 Å². The first-order chi connectivity index (χ1) is 13.6. The van der Waals surface area contributed by atoms with Gasteiger partial charge in [0.2, 0.25) is 0 Å². The number of methoxy groups -OCH3 is 1. The minimum atomic E-state index is -0.715. The summed E-state index contributed by atoms with van der Waals surface area (Å²) in [6.45, 7) is 2.64. The van der Waals surface area contributed by atoms with Crippen LogP contribution in [0, 0.1) is 0 Å². The molecule has 0 spiro atoms. The Bertz CT molecular complexity index is 987. The molecule has 0 aromatic heterocycles. The molecule has 0 aliphatic carbocycles. The van der Waals surface area contributed by atoms with E-state index in [1.807, 2.05) is 78.6 Å². The molecule has 0 saturated heterocycles. The van der Waals surface area contributed by atoms with Gasteiger partial charge in [-0.2, -0.15) is 0 Å². The van der Waals surface area contributed by atoms with Gasteiger partial charge in [-0.1, -0.05) is 60.7 Å². The third-order valence-electron chi connectivity index (χ3n) is 5.42. The van der Waals surface area contributed by atoms with Crippen LogP contribution in [0.4, 0.5) is 5.69 Å². The van der Waals surface area contributed by atoms with Crippen LogP contribution in [0.25, 0.3) is 0 Å². The number of nitrogens with one attached hydrogen (secondary N) is 1. The summed E-state index contributed by atoms with van der Waals surface area (Å²) in [7, 11) is 1.66. The van der Waals surface area contributed by atoms with Crippen molar-refractivity contribution in [3.63, 3.8) is 0 Å². The standard InChI is InChI=1S/C24H24N2O2/c1-24(20-13-7-9-15-22(20)28-2)25-21-14-8-6-12-19(21)23(27)26(24)17-16-18-10-4-3-5-11-18/h3-15,25H,16-17H2,1-2H3. The van der Waals surface area contributed by atoms with Crippen molar-refractivity contribution in [1.82, 2.24) is 4.90 Å². The molecule has 3 aromatic carbocycles. The van der Waals surface area contributed by atoms with Crippen LogP contribution in [0.3, 0.4) is 0 Å². The Hall–Kier alpha value is -3.27. The molecule has 0 bridgehead atoms. The van der Waals surface area contributed by atoms with E-state index in [4.69, 9.17) is 4.74 Å². The van der Waals surface area contributed by atoms with Gasteiger partial charge >= 0.3 is 0 Å². The van der Waals surface area contributed by atoms with Crippen LogP contribution in [0.1, 0.15) is 28.4 Å². The lowest BCUT2D eigenvalue weighted by atomic mass is 9.92. The second-order valence-corrected chi connectivity index (χ2v) is 7.14. The van der Waals surface area contributed by atoms with Crippen molar-refractivity contribution in [2.24, 2.45) is 0 Å². The third-order valence-corrected chi connectivity index (χ3v) is 5.42. The van der Waals surface area contributed by atoms with Crippen LogP contribution in [-0.4, -0.2) is 24.5 Å². The Morgan fingerprint density at radius 3 is 2.39 bits per heavy atom. The first-order valence-corrected chi connectivity index (χ1v) is 9.50. The molecule has 4 nitrogen and oxygen atoms in total. The lowest BCUT2D eigenvalue weighted by molar-refractivity contribution is 0.0534. The maximum atomic E-state index is 13.5. The van der Waals surface area contributed by atoms with Gasteiger partial charge in [0.1, 0.15) is 11.4 Å². The summed E-state index contributed by atoms with van der Waals surface area (Å²) in [5, 5.41) is 3.61. The van der Waals surface area contributed by atoms with Gasteiger partial charge in [0.15, 0.2) is 0 Å². The van der Waals surface area contributed by atoms with E-state index in [0.717, 1.165) is 23.4 Å². The number of fused-ring (bicyclic) bond motifs is 1. The highest BCUT2D eigenvalue weighted by Gasteiger charge is 2.43. The Morgan fingerprint density at radius 1 is 0.929 bits per heavy atom. The highest BCUT2D eigenvalue weighted by atomic mass is 16.5. The summed E-state index contributed by atoms with van der Waals surface area (Å²) in [5.41, 5.74) is 2.97. The van der Waals surface area contributed by atoms with E-state index < -0.39 is 5.66 Å². The molecule has 4 rings (SSSR count). The number of hydrogen-bond acceptors (Lipinski definition) is 3. The van der Waals surface area contributed by atoms with Gasteiger partial charge in [-0.25, -0.2) is 0 Å². The number of anilines is 1. The molecule has 0 saturated carbocycles. The maximum absolute atomic E-state index is 13.5. The van der Waals surface area contributed by atoms with Crippen LogP contribution >= 0.6 is 0 Å². The second kappa shape index (κ2) is 7.39. The zero-order valence-corrected chi connectivity index (χ0v) is 16.2. The summed E-state index contributed by atoms with van der Waals surface area (Å²) >= 11 is 0. The molecule has 0 radical (unpaired) electrons. The molecular formula is C24H24N2O2. The lowest BCUT2D eigenvalue weighted by Crippen LogP contribution is -2.56. The third kappa shape index (κ3) is 3.11. The van der Waals surface area contributed by atoms with Crippen LogP contribution in [0.15, 0.2) is 78.9 Å². The number of benzene rings is 3. The molecule has 1 amide bonds. The largest absolute Gasteiger partial charge is 0.496 e. The molecule has 0 fully saturated rings. The maximum Gasteiger partial charge on any atom is 0.258 e. The Balaban J connectivity index is 1.77. The van der Waals surface area contributed by atoms with E-state index in [-0.39, 0.29) is 5.91 Å².